The van der Waals surface area contributed by atoms with Gasteiger partial charge in [-0.15, -0.1) is 10.2 Å². The lowest BCUT2D eigenvalue weighted by atomic mass is 10.2. The molecule has 4 rings (SSSR count). The van der Waals surface area contributed by atoms with E-state index in [9.17, 15) is 13.5 Å². The second-order valence-electron chi connectivity index (χ2n) is 7.80. The van der Waals surface area contributed by atoms with Crippen LogP contribution in [0.1, 0.15) is 24.6 Å². The predicted molar refractivity (Wildman–Crippen MR) is 127 cm³/mol. The topological polar surface area (TPSA) is 147 Å². The van der Waals surface area contributed by atoms with Crippen molar-refractivity contribution in [2.75, 3.05) is 18.9 Å². The molecule has 0 saturated carbocycles. The normalized spacial score (nSPS) is 13.4. The van der Waals surface area contributed by atoms with E-state index in [1.807, 2.05) is 0 Å². The van der Waals surface area contributed by atoms with Crippen molar-refractivity contribution >= 4 is 16.0 Å². The molecule has 0 saturated heterocycles. The smallest absolute Gasteiger partial charge is 0.243 e. The summed E-state index contributed by atoms with van der Waals surface area (Å²) in [6, 6.07) is 8.57. The minimum Gasteiger partial charge on any atom is -0.494 e. The molecule has 2 unspecified atom stereocenters. The number of nitrogens with one attached hydrogen (secondary N) is 1. The summed E-state index contributed by atoms with van der Waals surface area (Å²) >= 11 is 0. The molecule has 3 heterocycles. The second-order valence-corrected chi connectivity index (χ2v) is 9.84. The van der Waals surface area contributed by atoms with Gasteiger partial charge in [0.2, 0.25) is 21.8 Å². The summed E-state index contributed by atoms with van der Waals surface area (Å²) < 4.78 is 48.9. The van der Waals surface area contributed by atoms with Crippen molar-refractivity contribution in [1.82, 2.24) is 24.3 Å². The summed E-state index contributed by atoms with van der Waals surface area (Å²) in [4.78, 5) is 4.06. The zero-order valence-corrected chi connectivity index (χ0v) is 20.6. The number of benzene rings is 1. The number of aromatic nitrogens is 5. The molecular weight excluding hydrogens is 476 g/mol. The van der Waals surface area contributed by atoms with Crippen molar-refractivity contribution in [1.29, 1.82) is 0 Å². The Hall–Kier alpha value is -3.84. The number of sulfonamides is 1. The molecule has 0 amide bonds. The summed E-state index contributed by atoms with van der Waals surface area (Å²) in [7, 11) is 0.451. The summed E-state index contributed by atoms with van der Waals surface area (Å²) in [5.41, 5.74) is 0.363. The van der Waals surface area contributed by atoms with Crippen molar-refractivity contribution in [3.8, 4) is 28.8 Å². The van der Waals surface area contributed by atoms with Gasteiger partial charge in [0.15, 0.2) is 5.76 Å². The first-order valence-corrected chi connectivity index (χ1v) is 12.1. The Bertz CT molecular complexity index is 1420. The molecule has 0 spiro atoms. The van der Waals surface area contributed by atoms with Crippen LogP contribution in [0.15, 0.2) is 47.1 Å². The number of anilines is 1. The molecule has 0 aliphatic heterocycles. The maximum atomic E-state index is 13.3. The van der Waals surface area contributed by atoms with Crippen LogP contribution in [0.3, 0.4) is 0 Å². The molecule has 1 aromatic carbocycles. The highest BCUT2D eigenvalue weighted by Crippen LogP contribution is 2.38. The first kappa shape index (κ1) is 24.3. The van der Waals surface area contributed by atoms with E-state index >= 15 is 0 Å². The van der Waals surface area contributed by atoms with Crippen LogP contribution in [0.2, 0.25) is 0 Å². The standard InChI is InChI=1S/C22H26N6O6S/c1-13-9-10-17(34-13)20-24-25-22(28(20)18-15(32-4)7-6-8-16(18)33-5)26-35(30,31)14(2)19(29)21-23-11-12-27(21)3/h6-12,14,19,29H,1-5H3,(H,25,26). The van der Waals surface area contributed by atoms with Crippen LogP contribution < -0.4 is 14.2 Å². The number of hydrogen-bond acceptors (Lipinski definition) is 9. The van der Waals surface area contributed by atoms with E-state index in [1.54, 1.807) is 55.1 Å². The molecule has 0 aliphatic carbocycles. The molecule has 0 radical (unpaired) electrons. The molecule has 0 bridgehead atoms. The van der Waals surface area contributed by atoms with E-state index < -0.39 is 21.4 Å². The van der Waals surface area contributed by atoms with Crippen LogP contribution in [0.25, 0.3) is 17.3 Å². The average molecular weight is 503 g/mol. The maximum Gasteiger partial charge on any atom is 0.243 e. The van der Waals surface area contributed by atoms with Crippen LogP contribution in [-0.2, 0) is 17.1 Å². The van der Waals surface area contributed by atoms with E-state index in [0.29, 0.717) is 28.7 Å². The third-order valence-electron chi connectivity index (χ3n) is 5.54. The van der Waals surface area contributed by atoms with Gasteiger partial charge >= 0.3 is 0 Å². The number of ether oxygens (including phenoxy) is 2. The Balaban J connectivity index is 1.84. The van der Waals surface area contributed by atoms with E-state index in [-0.39, 0.29) is 17.6 Å². The summed E-state index contributed by atoms with van der Waals surface area (Å²) in [6.45, 7) is 3.15. The molecule has 13 heteroatoms. The molecule has 0 fully saturated rings. The van der Waals surface area contributed by atoms with Crippen LogP contribution >= 0.6 is 0 Å². The minimum absolute atomic E-state index is 0.143. The number of methoxy groups -OCH3 is 2. The van der Waals surface area contributed by atoms with Crippen LogP contribution in [0.5, 0.6) is 11.5 Å². The number of furan rings is 1. The molecule has 186 valence electrons. The lowest BCUT2D eigenvalue weighted by Crippen LogP contribution is -2.33. The van der Waals surface area contributed by atoms with Crippen molar-refractivity contribution in [3.05, 3.63) is 54.3 Å². The highest BCUT2D eigenvalue weighted by atomic mass is 32.2. The first-order chi connectivity index (χ1) is 16.7. The maximum absolute atomic E-state index is 13.3. The summed E-state index contributed by atoms with van der Waals surface area (Å²) in [6.07, 6.45) is 1.71. The summed E-state index contributed by atoms with van der Waals surface area (Å²) in [5, 5.41) is 17.7. The zero-order valence-electron chi connectivity index (χ0n) is 19.8. The Kier molecular flexibility index (Phi) is 6.54. The van der Waals surface area contributed by atoms with Crippen LogP contribution in [-0.4, -0.2) is 57.3 Å². The monoisotopic (exact) mass is 502 g/mol. The van der Waals surface area contributed by atoms with Gasteiger partial charge in [-0.1, -0.05) is 6.07 Å². The molecule has 12 nitrogen and oxygen atoms in total. The van der Waals surface area contributed by atoms with Crippen molar-refractivity contribution in [2.24, 2.45) is 7.05 Å². The highest BCUT2D eigenvalue weighted by molar-refractivity contribution is 7.93. The SMILES string of the molecule is COc1cccc(OC)c1-n1c(NS(=O)(=O)C(C)C(O)c2nccn2C)nnc1-c1ccc(C)o1. The van der Waals surface area contributed by atoms with E-state index in [0.717, 1.165) is 0 Å². The van der Waals surface area contributed by atoms with Crippen LogP contribution in [0, 0.1) is 6.92 Å². The number of rotatable bonds is 9. The second kappa shape index (κ2) is 9.43. The number of imidazole rings is 1. The van der Waals surface area contributed by atoms with E-state index in [4.69, 9.17) is 13.9 Å². The number of para-hydroxylation sites is 1. The van der Waals surface area contributed by atoms with Crippen molar-refractivity contribution in [3.63, 3.8) is 0 Å². The van der Waals surface area contributed by atoms with Gasteiger partial charge in [0, 0.05) is 19.4 Å². The minimum atomic E-state index is -4.18. The molecule has 4 aromatic rings. The van der Waals surface area contributed by atoms with Gasteiger partial charge in [-0.2, -0.15) is 0 Å². The van der Waals surface area contributed by atoms with Crippen molar-refractivity contribution in [2.45, 2.75) is 25.2 Å². The van der Waals surface area contributed by atoms with Gasteiger partial charge in [0.25, 0.3) is 0 Å². The van der Waals surface area contributed by atoms with Gasteiger partial charge in [0.05, 0.1) is 14.2 Å². The lowest BCUT2D eigenvalue weighted by Gasteiger charge is -2.21. The lowest BCUT2D eigenvalue weighted by molar-refractivity contribution is 0.163. The van der Waals surface area contributed by atoms with Crippen molar-refractivity contribution < 1.29 is 27.4 Å². The fourth-order valence-electron chi connectivity index (χ4n) is 3.59. The molecule has 2 N–H and O–H groups in total. The predicted octanol–water partition coefficient (Wildman–Crippen LogP) is 2.45. The van der Waals surface area contributed by atoms with Gasteiger partial charge in [-0.25, -0.2) is 13.4 Å². The fraction of sp³-hybridized carbons (Fsp3) is 0.318. The number of nitrogens with zero attached hydrogens (tertiary/aromatic N) is 5. The molecule has 3 aromatic heterocycles. The van der Waals surface area contributed by atoms with E-state index in [1.165, 1.54) is 31.9 Å². The van der Waals surface area contributed by atoms with Crippen LogP contribution in [0.4, 0.5) is 5.95 Å². The third kappa shape index (κ3) is 4.47. The molecular formula is C22H26N6O6S. The molecule has 2 atom stereocenters. The Labute approximate surface area is 202 Å². The summed E-state index contributed by atoms with van der Waals surface area (Å²) in [5.74, 6) is 2.05. The average Bonchev–Trinajstić information content (AvgIpc) is 3.57. The first-order valence-electron chi connectivity index (χ1n) is 10.6. The van der Waals surface area contributed by atoms with Gasteiger partial charge < -0.3 is 23.6 Å². The highest BCUT2D eigenvalue weighted by Gasteiger charge is 2.34. The number of aryl methyl sites for hydroxylation is 2. The zero-order chi connectivity index (χ0) is 25.3. The number of aliphatic hydroxyl groups excluding tert-OH is 1. The molecule has 0 aliphatic rings. The Morgan fingerprint density at radius 1 is 1.11 bits per heavy atom. The Morgan fingerprint density at radius 2 is 1.80 bits per heavy atom. The van der Waals surface area contributed by atoms with Gasteiger partial charge in [-0.3, -0.25) is 9.29 Å². The van der Waals surface area contributed by atoms with E-state index in [2.05, 4.69) is 19.9 Å². The number of aliphatic hydroxyl groups is 1. The largest absolute Gasteiger partial charge is 0.494 e. The third-order valence-corrected chi connectivity index (χ3v) is 7.24. The van der Waals surface area contributed by atoms with Gasteiger partial charge in [-0.05, 0) is 38.1 Å². The number of hydrogen-bond donors (Lipinski definition) is 2. The van der Waals surface area contributed by atoms with Gasteiger partial charge in [0.1, 0.15) is 40.1 Å². The fourth-order valence-corrected chi connectivity index (χ4v) is 4.62. The molecule has 35 heavy (non-hydrogen) atoms. The quantitative estimate of drug-likeness (QED) is 0.352. The Morgan fingerprint density at radius 3 is 2.34 bits per heavy atom.